The Morgan fingerprint density at radius 2 is 1.88 bits per heavy atom. The molecular weight excluding hydrogens is 405 g/mol. The second-order valence-electron chi connectivity index (χ2n) is 5.93. The number of anilines is 2. The molecule has 1 aliphatic heterocycles. The van der Waals surface area contributed by atoms with E-state index in [9.17, 15) is 18.8 Å². The number of carbonyl (C=O) groups is 3. The fourth-order valence-corrected chi connectivity index (χ4v) is 3.03. The van der Waals surface area contributed by atoms with Gasteiger partial charge in [0.1, 0.15) is 5.82 Å². The summed E-state index contributed by atoms with van der Waals surface area (Å²) < 4.78 is 14.8. The van der Waals surface area contributed by atoms with E-state index in [0.29, 0.717) is 5.69 Å². The van der Waals surface area contributed by atoms with E-state index in [1.54, 1.807) is 24.3 Å². The highest BCUT2D eigenvalue weighted by molar-refractivity contribution is 9.10. The maximum Gasteiger partial charge on any atom is 0.248 e. The monoisotopic (exact) mass is 419 g/mol. The van der Waals surface area contributed by atoms with Gasteiger partial charge in [0.05, 0.1) is 11.6 Å². The Kier molecular flexibility index (Phi) is 5.03. The van der Waals surface area contributed by atoms with Crippen LogP contribution >= 0.6 is 15.9 Å². The largest absolute Gasteiger partial charge is 0.366 e. The Balaban J connectivity index is 1.73. The van der Waals surface area contributed by atoms with E-state index in [4.69, 9.17) is 5.73 Å². The minimum atomic E-state index is -0.724. The first-order valence-electron chi connectivity index (χ1n) is 7.81. The Morgan fingerprint density at radius 1 is 1.19 bits per heavy atom. The van der Waals surface area contributed by atoms with Crippen LogP contribution < -0.4 is 16.0 Å². The standard InChI is InChI=1S/C18H15BrFN3O3/c19-12-2-4-13(5-3-12)23-9-11(8-16(23)24)18(26)22-15-7-10(17(21)25)1-6-14(15)20/h1-7,11H,8-9H2,(H2,21,25)(H,22,26)/t11-/m1/s1. The van der Waals surface area contributed by atoms with Gasteiger partial charge in [0.25, 0.3) is 0 Å². The van der Waals surface area contributed by atoms with Crippen molar-refractivity contribution in [2.45, 2.75) is 6.42 Å². The van der Waals surface area contributed by atoms with Crippen LogP contribution in [0, 0.1) is 11.7 Å². The van der Waals surface area contributed by atoms with Gasteiger partial charge >= 0.3 is 0 Å². The molecule has 0 spiro atoms. The third kappa shape index (κ3) is 3.75. The molecule has 2 aromatic rings. The van der Waals surface area contributed by atoms with Crippen molar-refractivity contribution in [3.8, 4) is 0 Å². The lowest BCUT2D eigenvalue weighted by Crippen LogP contribution is -2.28. The van der Waals surface area contributed by atoms with Crippen LogP contribution in [-0.2, 0) is 9.59 Å². The molecular formula is C18H15BrFN3O3. The molecule has 26 heavy (non-hydrogen) atoms. The van der Waals surface area contributed by atoms with Crippen molar-refractivity contribution in [1.29, 1.82) is 0 Å². The molecule has 1 heterocycles. The van der Waals surface area contributed by atoms with Crippen molar-refractivity contribution in [1.82, 2.24) is 0 Å². The average molecular weight is 420 g/mol. The fourth-order valence-electron chi connectivity index (χ4n) is 2.76. The molecule has 0 unspecified atom stereocenters. The van der Waals surface area contributed by atoms with Crippen LogP contribution in [0.5, 0.6) is 0 Å². The molecule has 3 N–H and O–H groups in total. The SMILES string of the molecule is NC(=O)c1ccc(F)c(NC(=O)[C@@H]2CC(=O)N(c3ccc(Br)cc3)C2)c1. The number of hydrogen-bond acceptors (Lipinski definition) is 3. The second-order valence-corrected chi connectivity index (χ2v) is 6.85. The minimum Gasteiger partial charge on any atom is -0.366 e. The number of nitrogens with one attached hydrogen (secondary N) is 1. The Morgan fingerprint density at radius 3 is 2.54 bits per heavy atom. The molecule has 1 fully saturated rings. The lowest BCUT2D eigenvalue weighted by Gasteiger charge is -2.17. The van der Waals surface area contributed by atoms with E-state index in [1.807, 2.05) is 0 Å². The summed E-state index contributed by atoms with van der Waals surface area (Å²) in [6.07, 6.45) is 0.0268. The number of amides is 3. The Labute approximate surface area is 157 Å². The van der Waals surface area contributed by atoms with Crippen LogP contribution in [0.2, 0.25) is 0 Å². The maximum absolute atomic E-state index is 13.9. The van der Waals surface area contributed by atoms with Gasteiger partial charge in [-0.15, -0.1) is 0 Å². The van der Waals surface area contributed by atoms with Crippen molar-refractivity contribution in [3.05, 3.63) is 58.3 Å². The highest BCUT2D eigenvalue weighted by Gasteiger charge is 2.35. The number of nitrogens with zero attached hydrogens (tertiary/aromatic N) is 1. The topological polar surface area (TPSA) is 92.5 Å². The first-order valence-corrected chi connectivity index (χ1v) is 8.60. The van der Waals surface area contributed by atoms with E-state index in [0.717, 1.165) is 10.5 Å². The van der Waals surface area contributed by atoms with Crippen LogP contribution in [0.1, 0.15) is 16.8 Å². The molecule has 3 rings (SSSR count). The molecule has 0 aliphatic carbocycles. The zero-order valence-corrected chi connectivity index (χ0v) is 15.1. The summed E-state index contributed by atoms with van der Waals surface area (Å²) in [5, 5.41) is 2.44. The smallest absolute Gasteiger partial charge is 0.248 e. The lowest BCUT2D eigenvalue weighted by molar-refractivity contribution is -0.122. The predicted molar refractivity (Wildman–Crippen MR) is 98.1 cm³/mol. The second kappa shape index (κ2) is 7.25. The number of primary amides is 1. The summed E-state index contributed by atoms with van der Waals surface area (Å²) in [7, 11) is 0. The third-order valence-electron chi connectivity index (χ3n) is 4.14. The molecule has 0 bridgehead atoms. The summed E-state index contributed by atoms with van der Waals surface area (Å²) in [6, 6.07) is 10.6. The van der Waals surface area contributed by atoms with Crippen LogP contribution in [0.15, 0.2) is 46.9 Å². The Hall–Kier alpha value is -2.74. The minimum absolute atomic E-state index is 0.0268. The number of carbonyl (C=O) groups excluding carboxylic acids is 3. The predicted octanol–water partition coefficient (Wildman–Crippen LogP) is 2.68. The van der Waals surface area contributed by atoms with E-state index < -0.39 is 23.5 Å². The van der Waals surface area contributed by atoms with E-state index >= 15 is 0 Å². The van der Waals surface area contributed by atoms with Crippen molar-refractivity contribution in [3.63, 3.8) is 0 Å². The summed E-state index contributed by atoms with van der Waals surface area (Å²) >= 11 is 3.33. The van der Waals surface area contributed by atoms with Gasteiger partial charge in [-0.05, 0) is 42.5 Å². The van der Waals surface area contributed by atoms with Gasteiger partial charge in [0, 0.05) is 28.7 Å². The molecule has 134 valence electrons. The number of halogens is 2. The van der Waals surface area contributed by atoms with E-state index in [-0.39, 0.29) is 30.1 Å². The zero-order valence-electron chi connectivity index (χ0n) is 13.5. The van der Waals surface area contributed by atoms with Crippen molar-refractivity contribution < 1.29 is 18.8 Å². The highest BCUT2D eigenvalue weighted by atomic mass is 79.9. The van der Waals surface area contributed by atoms with Gasteiger partial charge in [-0.25, -0.2) is 4.39 Å². The number of benzene rings is 2. The summed E-state index contributed by atoms with van der Waals surface area (Å²) in [6.45, 7) is 0.198. The van der Waals surface area contributed by atoms with Crippen molar-refractivity contribution in [2.24, 2.45) is 11.7 Å². The number of hydrogen-bond donors (Lipinski definition) is 2. The molecule has 8 heteroatoms. The maximum atomic E-state index is 13.9. The van der Waals surface area contributed by atoms with Crippen LogP contribution in [0.25, 0.3) is 0 Å². The van der Waals surface area contributed by atoms with E-state index in [1.165, 1.54) is 17.0 Å². The summed E-state index contributed by atoms with van der Waals surface area (Å²) in [5.41, 5.74) is 5.80. The van der Waals surface area contributed by atoms with Crippen molar-refractivity contribution >= 4 is 45.0 Å². The van der Waals surface area contributed by atoms with Gasteiger partial charge in [0.15, 0.2) is 0 Å². The first kappa shape index (κ1) is 18.1. The zero-order chi connectivity index (χ0) is 18.8. The number of nitrogens with two attached hydrogens (primary N) is 1. The molecule has 0 radical (unpaired) electrons. The molecule has 0 saturated carbocycles. The third-order valence-corrected chi connectivity index (χ3v) is 4.67. The highest BCUT2D eigenvalue weighted by Crippen LogP contribution is 2.27. The number of rotatable bonds is 4. The van der Waals surface area contributed by atoms with Gasteiger partial charge in [-0.3, -0.25) is 14.4 Å². The Bertz CT molecular complexity index is 886. The molecule has 6 nitrogen and oxygen atoms in total. The molecule has 0 aromatic heterocycles. The lowest BCUT2D eigenvalue weighted by atomic mass is 10.1. The summed E-state index contributed by atoms with van der Waals surface area (Å²) in [5.74, 6) is -2.70. The van der Waals surface area contributed by atoms with Crippen LogP contribution in [0.3, 0.4) is 0 Å². The normalized spacial score (nSPS) is 16.6. The van der Waals surface area contributed by atoms with Crippen LogP contribution in [0.4, 0.5) is 15.8 Å². The van der Waals surface area contributed by atoms with Gasteiger partial charge in [0.2, 0.25) is 17.7 Å². The van der Waals surface area contributed by atoms with Gasteiger partial charge in [-0.2, -0.15) is 0 Å². The average Bonchev–Trinajstić information content (AvgIpc) is 2.99. The summed E-state index contributed by atoms with van der Waals surface area (Å²) in [4.78, 5) is 37.4. The first-order chi connectivity index (χ1) is 12.3. The fraction of sp³-hybridized carbons (Fsp3) is 0.167. The molecule has 1 saturated heterocycles. The quantitative estimate of drug-likeness (QED) is 0.797. The molecule has 1 atom stereocenters. The molecule has 2 aromatic carbocycles. The van der Waals surface area contributed by atoms with E-state index in [2.05, 4.69) is 21.2 Å². The van der Waals surface area contributed by atoms with Gasteiger partial charge < -0.3 is 16.0 Å². The van der Waals surface area contributed by atoms with Crippen LogP contribution in [-0.4, -0.2) is 24.3 Å². The molecule has 1 aliphatic rings. The van der Waals surface area contributed by atoms with Crippen molar-refractivity contribution in [2.75, 3.05) is 16.8 Å². The molecule has 3 amide bonds. The van der Waals surface area contributed by atoms with Gasteiger partial charge in [-0.1, -0.05) is 15.9 Å².